The molecule has 4 heteroatoms. The third kappa shape index (κ3) is 3.30. The molecule has 0 bridgehead atoms. The Labute approximate surface area is 118 Å². The lowest BCUT2D eigenvalue weighted by molar-refractivity contribution is -0.0184. The van der Waals surface area contributed by atoms with E-state index in [0.29, 0.717) is 12.1 Å². The summed E-state index contributed by atoms with van der Waals surface area (Å²) in [7, 11) is 2.22. The van der Waals surface area contributed by atoms with E-state index in [0.717, 1.165) is 32.8 Å². The molecule has 19 heavy (non-hydrogen) atoms. The van der Waals surface area contributed by atoms with Gasteiger partial charge < -0.3 is 15.4 Å². The van der Waals surface area contributed by atoms with Crippen LogP contribution in [0.3, 0.4) is 0 Å². The van der Waals surface area contributed by atoms with Crippen molar-refractivity contribution in [3.05, 3.63) is 0 Å². The summed E-state index contributed by atoms with van der Waals surface area (Å²) < 4.78 is 5.82. The number of likely N-dealkylation sites (N-methyl/N-ethyl adjacent to an activating group) is 1. The van der Waals surface area contributed by atoms with Gasteiger partial charge >= 0.3 is 0 Å². The van der Waals surface area contributed by atoms with Gasteiger partial charge in [-0.1, -0.05) is 6.92 Å². The molecular weight excluding hydrogens is 238 g/mol. The number of hydrogen-bond donors (Lipinski definition) is 1. The molecule has 0 aromatic rings. The largest absolute Gasteiger partial charge is 0.377 e. The van der Waals surface area contributed by atoms with Crippen molar-refractivity contribution in [2.75, 3.05) is 39.8 Å². The number of rotatable bonds is 5. The van der Waals surface area contributed by atoms with Gasteiger partial charge in [0.05, 0.1) is 6.10 Å². The van der Waals surface area contributed by atoms with Crippen molar-refractivity contribution in [1.82, 2.24) is 9.80 Å². The summed E-state index contributed by atoms with van der Waals surface area (Å²) in [5.74, 6) is 0. The Morgan fingerprint density at radius 2 is 2.26 bits per heavy atom. The molecule has 2 saturated heterocycles. The Hall–Kier alpha value is -0.160. The van der Waals surface area contributed by atoms with Crippen LogP contribution in [-0.2, 0) is 4.74 Å². The summed E-state index contributed by atoms with van der Waals surface area (Å²) >= 11 is 0. The maximum absolute atomic E-state index is 6.20. The van der Waals surface area contributed by atoms with E-state index in [1.165, 1.54) is 25.7 Å². The molecule has 0 aliphatic carbocycles. The summed E-state index contributed by atoms with van der Waals surface area (Å²) in [4.78, 5) is 5.06. The summed E-state index contributed by atoms with van der Waals surface area (Å²) in [6, 6.07) is 0.621. The van der Waals surface area contributed by atoms with Crippen LogP contribution in [0.5, 0.6) is 0 Å². The number of ether oxygens (including phenoxy) is 1. The van der Waals surface area contributed by atoms with Crippen molar-refractivity contribution in [3.8, 4) is 0 Å². The van der Waals surface area contributed by atoms with Crippen LogP contribution in [0.2, 0.25) is 0 Å². The highest BCUT2D eigenvalue weighted by atomic mass is 16.5. The number of nitrogens with two attached hydrogens (primary N) is 1. The Morgan fingerprint density at radius 3 is 2.79 bits per heavy atom. The lowest BCUT2D eigenvalue weighted by Gasteiger charge is -2.50. The van der Waals surface area contributed by atoms with Gasteiger partial charge in [0.15, 0.2) is 0 Å². The van der Waals surface area contributed by atoms with Crippen LogP contribution < -0.4 is 5.73 Å². The van der Waals surface area contributed by atoms with E-state index in [2.05, 4.69) is 30.7 Å². The highest BCUT2D eigenvalue weighted by Gasteiger charge is 2.41. The molecule has 0 amide bonds. The topological polar surface area (TPSA) is 41.7 Å². The molecule has 0 aromatic heterocycles. The first-order valence-electron chi connectivity index (χ1n) is 7.88. The van der Waals surface area contributed by atoms with E-state index in [1.54, 1.807) is 0 Å². The fourth-order valence-corrected chi connectivity index (χ4v) is 3.71. The minimum atomic E-state index is 0.187. The van der Waals surface area contributed by atoms with Gasteiger partial charge in [-0.15, -0.1) is 0 Å². The maximum Gasteiger partial charge on any atom is 0.0703 e. The Balaban J connectivity index is 2.04. The minimum Gasteiger partial charge on any atom is -0.377 e. The van der Waals surface area contributed by atoms with Crippen molar-refractivity contribution in [3.63, 3.8) is 0 Å². The van der Waals surface area contributed by atoms with Crippen LogP contribution in [-0.4, -0.2) is 67.3 Å². The average Bonchev–Trinajstić information content (AvgIpc) is 2.92. The van der Waals surface area contributed by atoms with Crippen LogP contribution in [0.25, 0.3) is 0 Å². The van der Waals surface area contributed by atoms with Gasteiger partial charge in [0.25, 0.3) is 0 Å². The van der Waals surface area contributed by atoms with Crippen molar-refractivity contribution in [2.24, 2.45) is 5.73 Å². The highest BCUT2D eigenvalue weighted by molar-refractivity contribution is 4.99. The number of piperidine rings is 1. The summed E-state index contributed by atoms with van der Waals surface area (Å²) in [5, 5.41) is 0. The molecule has 3 unspecified atom stereocenters. The molecule has 0 aromatic carbocycles. The molecule has 2 heterocycles. The fourth-order valence-electron chi connectivity index (χ4n) is 3.71. The standard InChI is InChI=1S/C15H31N3O/c1-4-18(11-14-6-5-9-19-14)15(12-16)7-8-17(3)13(2)10-15/h13-14H,4-12,16H2,1-3H3. The van der Waals surface area contributed by atoms with E-state index in [9.17, 15) is 0 Å². The quantitative estimate of drug-likeness (QED) is 0.817. The second-order valence-corrected chi connectivity index (χ2v) is 6.39. The summed E-state index contributed by atoms with van der Waals surface area (Å²) in [5.41, 5.74) is 6.38. The monoisotopic (exact) mass is 269 g/mol. The van der Waals surface area contributed by atoms with Crippen LogP contribution in [0, 0.1) is 0 Å². The van der Waals surface area contributed by atoms with Crippen molar-refractivity contribution in [1.29, 1.82) is 0 Å². The predicted octanol–water partition coefficient (Wildman–Crippen LogP) is 1.30. The molecular formula is C15H31N3O. The van der Waals surface area contributed by atoms with Crippen molar-refractivity contribution < 1.29 is 4.74 Å². The van der Waals surface area contributed by atoms with E-state index in [4.69, 9.17) is 10.5 Å². The molecule has 0 spiro atoms. The first-order valence-corrected chi connectivity index (χ1v) is 7.88. The zero-order valence-electron chi connectivity index (χ0n) is 12.9. The third-order valence-electron chi connectivity index (χ3n) is 5.24. The van der Waals surface area contributed by atoms with Crippen LogP contribution in [0.15, 0.2) is 0 Å². The Kier molecular flexibility index (Phi) is 5.23. The number of likely N-dealkylation sites (tertiary alicyclic amines) is 1. The zero-order valence-corrected chi connectivity index (χ0v) is 12.9. The number of nitrogens with zero attached hydrogens (tertiary/aromatic N) is 2. The Bertz CT molecular complexity index is 281. The van der Waals surface area contributed by atoms with Crippen LogP contribution in [0.4, 0.5) is 0 Å². The van der Waals surface area contributed by atoms with Crippen molar-refractivity contribution in [2.45, 2.75) is 57.2 Å². The minimum absolute atomic E-state index is 0.187. The van der Waals surface area contributed by atoms with Gasteiger partial charge in [0.1, 0.15) is 0 Å². The smallest absolute Gasteiger partial charge is 0.0703 e. The Morgan fingerprint density at radius 1 is 1.47 bits per heavy atom. The summed E-state index contributed by atoms with van der Waals surface area (Å²) in [6.45, 7) is 9.58. The van der Waals surface area contributed by atoms with E-state index in [1.807, 2.05) is 0 Å². The van der Waals surface area contributed by atoms with Crippen LogP contribution >= 0.6 is 0 Å². The molecule has 2 rings (SSSR count). The van der Waals surface area contributed by atoms with Gasteiger partial charge in [-0.2, -0.15) is 0 Å². The molecule has 2 fully saturated rings. The first kappa shape index (κ1) is 15.2. The lowest BCUT2D eigenvalue weighted by atomic mass is 9.82. The molecule has 0 radical (unpaired) electrons. The second kappa shape index (κ2) is 6.53. The second-order valence-electron chi connectivity index (χ2n) is 6.39. The third-order valence-corrected chi connectivity index (χ3v) is 5.24. The van der Waals surface area contributed by atoms with Gasteiger partial charge in [-0.05, 0) is 52.7 Å². The molecule has 2 aliphatic heterocycles. The fraction of sp³-hybridized carbons (Fsp3) is 1.00. The maximum atomic E-state index is 6.20. The van der Waals surface area contributed by atoms with Crippen molar-refractivity contribution >= 4 is 0 Å². The molecule has 2 N–H and O–H groups in total. The molecule has 4 nitrogen and oxygen atoms in total. The predicted molar refractivity (Wildman–Crippen MR) is 79.3 cm³/mol. The normalized spacial score (nSPS) is 37.1. The molecule has 112 valence electrons. The van der Waals surface area contributed by atoms with E-state index in [-0.39, 0.29) is 5.54 Å². The van der Waals surface area contributed by atoms with Crippen LogP contribution in [0.1, 0.15) is 39.5 Å². The van der Waals surface area contributed by atoms with Gasteiger partial charge in [0, 0.05) is 31.3 Å². The zero-order chi connectivity index (χ0) is 13.9. The van der Waals surface area contributed by atoms with Gasteiger partial charge in [-0.25, -0.2) is 0 Å². The van der Waals surface area contributed by atoms with Gasteiger partial charge in [0.2, 0.25) is 0 Å². The SMILES string of the molecule is CCN(CC1CCCO1)C1(CN)CCN(C)C(C)C1. The highest BCUT2D eigenvalue weighted by Crippen LogP contribution is 2.32. The molecule has 3 atom stereocenters. The molecule has 2 aliphatic rings. The van der Waals surface area contributed by atoms with E-state index >= 15 is 0 Å². The average molecular weight is 269 g/mol. The van der Waals surface area contributed by atoms with E-state index < -0.39 is 0 Å². The van der Waals surface area contributed by atoms with Gasteiger partial charge in [-0.3, -0.25) is 4.90 Å². The molecule has 0 saturated carbocycles. The summed E-state index contributed by atoms with van der Waals surface area (Å²) in [6.07, 6.45) is 5.23. The number of hydrogen-bond acceptors (Lipinski definition) is 4. The first-order chi connectivity index (χ1) is 9.11. The lowest BCUT2D eigenvalue weighted by Crippen LogP contribution is -2.62.